The normalized spacial score (nSPS) is 28.8. The van der Waals surface area contributed by atoms with E-state index < -0.39 is 90.2 Å². The number of anilines is 1. The van der Waals surface area contributed by atoms with Crippen molar-refractivity contribution in [1.82, 2.24) is 30.2 Å². The average molecular weight is 1250 g/mol. The van der Waals surface area contributed by atoms with Crippen molar-refractivity contribution in [2.75, 3.05) is 92.1 Å². The molecule has 4 heterocycles. The Labute approximate surface area is 510 Å². The lowest BCUT2D eigenvalue weighted by Gasteiger charge is -2.42. The van der Waals surface area contributed by atoms with Crippen LogP contribution in [0.25, 0.3) is 0 Å². The Bertz CT molecular complexity index is 2740. The number of fused-ring (bicyclic) bond motifs is 5. The summed E-state index contributed by atoms with van der Waals surface area (Å²) in [6.07, 6.45) is 6.74. The fourth-order valence-corrected chi connectivity index (χ4v) is 12.2. The number of esters is 1. The van der Waals surface area contributed by atoms with Crippen LogP contribution in [0.5, 0.6) is 5.75 Å². The number of likely N-dealkylation sites (tertiary alicyclic amines) is 1. The zero-order valence-electron chi connectivity index (χ0n) is 50.3. The van der Waals surface area contributed by atoms with E-state index in [4.69, 9.17) is 44.8 Å². The number of thioether (sulfide) groups is 2. The topological polar surface area (TPSA) is 282 Å². The maximum Gasteiger partial charge on any atom is 0.410 e. The number of epoxide rings is 1. The summed E-state index contributed by atoms with van der Waals surface area (Å²) in [4.78, 5) is 125. The summed E-state index contributed by atoms with van der Waals surface area (Å²) in [5.74, 6) is -2.86. The van der Waals surface area contributed by atoms with Crippen LogP contribution in [0.2, 0.25) is 5.02 Å². The van der Waals surface area contributed by atoms with Crippen LogP contribution >= 0.6 is 35.1 Å². The van der Waals surface area contributed by atoms with Crippen molar-refractivity contribution in [2.45, 2.75) is 145 Å². The first-order chi connectivity index (χ1) is 40.2. The Morgan fingerprint density at radius 3 is 2.44 bits per heavy atom. The Morgan fingerprint density at radius 2 is 1.74 bits per heavy atom. The third-order valence-corrected chi connectivity index (χ3v) is 18.4. The van der Waals surface area contributed by atoms with E-state index in [1.54, 1.807) is 71.6 Å². The van der Waals surface area contributed by atoms with Gasteiger partial charge in [-0.15, -0.1) is 0 Å². The number of rotatable bonds is 19. The van der Waals surface area contributed by atoms with E-state index in [0.29, 0.717) is 43.5 Å². The maximum atomic E-state index is 14.4. The van der Waals surface area contributed by atoms with Crippen molar-refractivity contribution in [3.05, 3.63) is 58.7 Å². The molecule has 3 fully saturated rings. The molecule has 0 saturated carbocycles. The third kappa shape index (κ3) is 17.9. The van der Waals surface area contributed by atoms with Gasteiger partial charge >= 0.3 is 18.2 Å². The Balaban J connectivity index is 0.979. The van der Waals surface area contributed by atoms with Crippen molar-refractivity contribution < 1.29 is 81.4 Å². The van der Waals surface area contributed by atoms with Gasteiger partial charge in [0.1, 0.15) is 53.4 Å². The molecule has 4 bridgehead atoms. The predicted molar refractivity (Wildman–Crippen MR) is 318 cm³/mol. The molecule has 8 amide bonds. The maximum absolute atomic E-state index is 14.4. The number of likely N-dealkylation sites (N-methyl/N-ethyl adjacent to an activating group) is 3. The number of aliphatic hydroxyl groups is 1. The lowest BCUT2D eigenvalue weighted by Crippen LogP contribution is -2.63. The fourth-order valence-electron chi connectivity index (χ4n) is 10.4. The number of amides is 8. The van der Waals surface area contributed by atoms with Crippen LogP contribution in [0, 0.1) is 5.92 Å². The first kappa shape index (κ1) is 68.2. The van der Waals surface area contributed by atoms with Gasteiger partial charge in [-0.05, 0) is 82.9 Å². The summed E-state index contributed by atoms with van der Waals surface area (Å²) in [5.41, 5.74) is -1.23. The molecule has 11 atom stereocenters. The molecule has 4 aliphatic heterocycles. The van der Waals surface area contributed by atoms with Gasteiger partial charge in [-0.2, -0.15) is 11.8 Å². The van der Waals surface area contributed by atoms with Crippen LogP contribution in [0.3, 0.4) is 0 Å². The minimum Gasteiger partial charge on any atom is -0.495 e. The Kier molecular flexibility index (Phi) is 24.6. The highest BCUT2D eigenvalue weighted by atomic mass is 35.5. The van der Waals surface area contributed by atoms with Gasteiger partial charge in [-0.1, -0.05) is 60.2 Å². The number of alkyl carbamates (subject to hydrolysis) is 1. The summed E-state index contributed by atoms with van der Waals surface area (Å²) >= 11 is 9.06. The van der Waals surface area contributed by atoms with Crippen LogP contribution in [-0.4, -0.2) is 224 Å². The predicted octanol–water partition coefficient (Wildman–Crippen LogP) is 5.25. The van der Waals surface area contributed by atoms with Crippen molar-refractivity contribution in [3.63, 3.8) is 0 Å². The average Bonchev–Trinajstić information content (AvgIpc) is 1.95. The molecule has 3 saturated heterocycles. The number of benzene rings is 1. The first-order valence-corrected chi connectivity index (χ1v) is 30.9. The van der Waals surface area contributed by atoms with Gasteiger partial charge in [0.25, 0.3) is 5.24 Å². The Hall–Kier alpha value is -5.90. The van der Waals surface area contributed by atoms with Crippen LogP contribution in [0.15, 0.2) is 48.1 Å². The molecule has 5 aliphatic rings. The number of imide groups is 1. The molecule has 27 heteroatoms. The smallest absolute Gasteiger partial charge is 0.410 e. The van der Waals surface area contributed by atoms with Crippen molar-refractivity contribution in [1.29, 1.82) is 0 Å². The van der Waals surface area contributed by atoms with Crippen LogP contribution in [0.1, 0.15) is 84.6 Å². The number of allylic oxidation sites excluding steroid dienone is 3. The molecule has 6 rings (SSSR count). The standard InChI is InChI=1S/C58H82ClN7O17S2/c1-34-15-12-20-44(78-10)58(76)32-42(81-54(73)61-58)35(2)51-57(4,83-51)45(31-48(69)65(8)40-28-37(27-34)29-41(77-9)50(40)59)82-53(72)36(3)64(7)47(68)21-26-85-56(75)63(6)25-24-62(5)55(74)80-39-18-13-16-38(17-14-19-39)79-33-46(67)60-22-23-66-49(70)30-43(84-11)52(66)71/h12-13,15,18,20,28-29,35-36,38-39,42-45,51,76H,14,16-17,19,21-27,30-33H2,1-11H3,(H,60,67)(H,61,73)/b18-13+,20-12+,34-15+/t35-,36+,38?,39?,42+,43?,44-,45+,51+,57+,58+/m1/s1. The van der Waals surface area contributed by atoms with Crippen molar-refractivity contribution in [3.8, 4) is 5.75 Å². The third-order valence-electron chi connectivity index (χ3n) is 16.1. The molecule has 85 heavy (non-hydrogen) atoms. The molecule has 0 radical (unpaired) electrons. The molecule has 1 aliphatic carbocycles. The number of ether oxygens (including phenoxy) is 7. The van der Waals surface area contributed by atoms with Crippen LogP contribution in [0.4, 0.5) is 20.1 Å². The second-order valence-electron chi connectivity index (χ2n) is 22.2. The van der Waals surface area contributed by atoms with E-state index in [-0.39, 0.29) is 97.1 Å². The summed E-state index contributed by atoms with van der Waals surface area (Å²) in [7, 11) is 8.98. The Morgan fingerprint density at radius 1 is 1.01 bits per heavy atom. The summed E-state index contributed by atoms with van der Waals surface area (Å²) < 4.78 is 41.0. The highest BCUT2D eigenvalue weighted by Crippen LogP contribution is 2.49. The van der Waals surface area contributed by atoms with Crippen LogP contribution in [-0.2, 0) is 63.6 Å². The molecule has 470 valence electrons. The van der Waals surface area contributed by atoms with Gasteiger partial charge in [0.15, 0.2) is 5.72 Å². The fraction of sp³-hybridized carbons (Fsp3) is 0.638. The number of hydrogen-bond acceptors (Lipinski definition) is 19. The lowest BCUT2D eigenvalue weighted by molar-refractivity contribution is -0.162. The van der Waals surface area contributed by atoms with Crippen molar-refractivity contribution >= 4 is 93.7 Å². The monoisotopic (exact) mass is 1250 g/mol. The van der Waals surface area contributed by atoms with E-state index in [9.17, 15) is 48.3 Å². The number of hydrogen-bond donors (Lipinski definition) is 3. The highest BCUT2D eigenvalue weighted by Gasteiger charge is 2.64. The van der Waals surface area contributed by atoms with Crippen molar-refractivity contribution in [2.24, 2.45) is 5.92 Å². The molecular weight excluding hydrogens is 1170 g/mol. The first-order valence-electron chi connectivity index (χ1n) is 28.3. The minimum absolute atomic E-state index is 0.0698. The van der Waals surface area contributed by atoms with Crippen LogP contribution < -0.4 is 20.3 Å². The number of halogens is 1. The number of nitrogens with zero attached hydrogens (tertiary/aromatic N) is 5. The largest absolute Gasteiger partial charge is 0.495 e. The van der Waals surface area contributed by atoms with Gasteiger partial charge in [-0.3, -0.25) is 39.0 Å². The molecule has 3 N–H and O–H groups in total. The van der Waals surface area contributed by atoms with Gasteiger partial charge in [0, 0.05) is 92.4 Å². The zero-order valence-corrected chi connectivity index (χ0v) is 52.6. The molecule has 3 unspecified atom stereocenters. The summed E-state index contributed by atoms with van der Waals surface area (Å²) in [5, 5.41) is 16.5. The number of carbonyl (C=O) groups is 9. The molecule has 1 aromatic carbocycles. The summed E-state index contributed by atoms with van der Waals surface area (Å²) in [6, 6.07) is 2.36. The second-order valence-corrected chi connectivity index (χ2v) is 24.7. The lowest BCUT2D eigenvalue weighted by atomic mass is 9.83. The van der Waals surface area contributed by atoms with E-state index in [1.165, 1.54) is 64.5 Å². The van der Waals surface area contributed by atoms with E-state index in [2.05, 4.69) is 10.6 Å². The molecule has 0 aromatic heterocycles. The van der Waals surface area contributed by atoms with Gasteiger partial charge in [0.2, 0.25) is 29.5 Å². The second kappa shape index (κ2) is 30.6. The molecular formula is C58H82ClN7O17S2. The van der Waals surface area contributed by atoms with Gasteiger partial charge < -0.3 is 63.2 Å². The molecule has 1 aromatic rings. The van der Waals surface area contributed by atoms with Gasteiger partial charge in [0.05, 0.1) is 36.7 Å². The quantitative estimate of drug-likeness (QED) is 0.0524. The van der Waals surface area contributed by atoms with E-state index in [1.807, 2.05) is 19.1 Å². The summed E-state index contributed by atoms with van der Waals surface area (Å²) in [6.45, 7) is 7.20. The number of methoxy groups -OCH3 is 2. The molecule has 24 nitrogen and oxygen atoms in total. The SMILES string of the molecule is COc1cc2cc(c1Cl)N(C)C(=O)C[C@H](OC(=O)[C@H](C)N(C)C(=O)CCSC(=O)N(C)CCN(C)C(=O)OC1/C=C/CC(OCC(=O)NCCN3C(=O)CC(SC)C3=O)CCC1)[C@]1(C)O[C@H]1[C@H](C)[C@@H]1C[C@@](O)(NC(=O)O1)[C@H](OC)/C=C/C=C(\C)C2. The zero-order chi connectivity index (χ0) is 62.5. The number of carbonyl (C=O) groups excluding carboxylic acids is 9. The highest BCUT2D eigenvalue weighted by molar-refractivity contribution is 8.13. The number of nitrogens with one attached hydrogen (secondary N) is 2. The van der Waals surface area contributed by atoms with E-state index >= 15 is 0 Å². The van der Waals surface area contributed by atoms with E-state index in [0.717, 1.165) is 22.9 Å². The van der Waals surface area contributed by atoms with Gasteiger partial charge in [-0.25, -0.2) is 14.4 Å². The minimum atomic E-state index is -1.89. The molecule has 0 spiro atoms.